The van der Waals surface area contributed by atoms with Gasteiger partial charge in [0, 0.05) is 22.9 Å². The Morgan fingerprint density at radius 3 is 2.93 bits per heavy atom. The number of nitrogens with zero attached hydrogens (tertiary/aromatic N) is 2. The summed E-state index contributed by atoms with van der Waals surface area (Å²) in [4.78, 5) is 4.06. The lowest BCUT2D eigenvalue weighted by molar-refractivity contribution is 0.909. The fourth-order valence-corrected chi connectivity index (χ4v) is 1.83. The van der Waals surface area contributed by atoms with Gasteiger partial charge in [-0.15, -0.1) is 0 Å². The molecule has 0 atom stereocenters. The van der Waals surface area contributed by atoms with Crippen molar-refractivity contribution in [2.24, 2.45) is 5.73 Å². The van der Waals surface area contributed by atoms with Crippen molar-refractivity contribution < 1.29 is 0 Å². The van der Waals surface area contributed by atoms with E-state index in [0.717, 1.165) is 15.9 Å². The molecule has 0 aliphatic rings. The molecule has 15 heavy (non-hydrogen) atoms. The average Bonchev–Trinajstić information content (AvgIpc) is 2.70. The minimum atomic E-state index is 0.459. The maximum atomic E-state index is 5.92. The maximum absolute atomic E-state index is 5.92. The van der Waals surface area contributed by atoms with Crippen molar-refractivity contribution in [2.45, 2.75) is 6.54 Å². The molecule has 2 rings (SSSR count). The summed E-state index contributed by atoms with van der Waals surface area (Å²) in [7, 11) is 0. The van der Waals surface area contributed by atoms with Crippen molar-refractivity contribution in [3.63, 3.8) is 0 Å². The molecule has 2 N–H and O–H groups in total. The van der Waals surface area contributed by atoms with Crippen LogP contribution in [-0.4, -0.2) is 9.55 Å². The number of hydrogen-bond acceptors (Lipinski definition) is 2. The summed E-state index contributed by atoms with van der Waals surface area (Å²) in [5.74, 6) is 0. The van der Waals surface area contributed by atoms with Gasteiger partial charge < -0.3 is 10.3 Å². The maximum Gasteiger partial charge on any atom is 0.0994 e. The van der Waals surface area contributed by atoms with Crippen molar-refractivity contribution in [3.05, 3.63) is 45.9 Å². The van der Waals surface area contributed by atoms with Crippen molar-refractivity contribution in [2.75, 3.05) is 0 Å². The molecule has 0 fully saturated rings. The molecule has 1 aromatic heterocycles. The standard InChI is InChI=1S/C10H9BrClN3/c11-9-3-7(1-2-10(9)12)15-6-14-5-8(15)4-13/h1-3,5-6H,4,13H2. The van der Waals surface area contributed by atoms with Crippen LogP contribution >= 0.6 is 27.5 Å². The lowest BCUT2D eigenvalue weighted by Gasteiger charge is -2.07. The largest absolute Gasteiger partial charge is 0.325 e. The topological polar surface area (TPSA) is 43.8 Å². The molecule has 2 aromatic rings. The van der Waals surface area contributed by atoms with Crippen LogP contribution < -0.4 is 5.73 Å². The highest BCUT2D eigenvalue weighted by Gasteiger charge is 2.04. The van der Waals surface area contributed by atoms with Crippen LogP contribution in [0.1, 0.15) is 5.69 Å². The van der Waals surface area contributed by atoms with Gasteiger partial charge in [0.2, 0.25) is 0 Å². The molecule has 3 nitrogen and oxygen atoms in total. The van der Waals surface area contributed by atoms with Gasteiger partial charge in [-0.25, -0.2) is 4.98 Å². The second-order valence-corrected chi connectivity index (χ2v) is 4.32. The smallest absolute Gasteiger partial charge is 0.0994 e. The Balaban J connectivity index is 2.50. The number of rotatable bonds is 2. The lowest BCUT2D eigenvalue weighted by atomic mass is 10.3. The molecular weight excluding hydrogens is 277 g/mol. The van der Waals surface area contributed by atoms with Gasteiger partial charge in [0.25, 0.3) is 0 Å². The highest BCUT2D eigenvalue weighted by molar-refractivity contribution is 9.10. The zero-order chi connectivity index (χ0) is 10.8. The van der Waals surface area contributed by atoms with Crippen molar-refractivity contribution in [1.29, 1.82) is 0 Å². The van der Waals surface area contributed by atoms with Gasteiger partial charge in [-0.1, -0.05) is 11.6 Å². The highest BCUT2D eigenvalue weighted by Crippen LogP contribution is 2.25. The molecule has 0 amide bonds. The van der Waals surface area contributed by atoms with Crippen LogP contribution in [0.5, 0.6) is 0 Å². The molecule has 0 aliphatic heterocycles. The molecule has 0 saturated heterocycles. The molecule has 1 aromatic carbocycles. The summed E-state index contributed by atoms with van der Waals surface area (Å²) in [6.45, 7) is 0.459. The summed E-state index contributed by atoms with van der Waals surface area (Å²) >= 11 is 9.30. The van der Waals surface area contributed by atoms with E-state index in [4.69, 9.17) is 17.3 Å². The Kier molecular flexibility index (Phi) is 3.09. The third-order valence-corrected chi connectivity index (χ3v) is 3.32. The number of aromatic nitrogens is 2. The zero-order valence-electron chi connectivity index (χ0n) is 7.82. The Labute approximate surface area is 101 Å². The van der Waals surface area contributed by atoms with Crippen molar-refractivity contribution in [3.8, 4) is 5.69 Å². The molecule has 0 radical (unpaired) electrons. The van der Waals surface area contributed by atoms with E-state index in [2.05, 4.69) is 20.9 Å². The van der Waals surface area contributed by atoms with Crippen molar-refractivity contribution >= 4 is 27.5 Å². The van der Waals surface area contributed by atoms with E-state index in [9.17, 15) is 0 Å². The number of imidazole rings is 1. The van der Waals surface area contributed by atoms with E-state index in [-0.39, 0.29) is 0 Å². The van der Waals surface area contributed by atoms with Gasteiger partial charge in [-0.3, -0.25) is 0 Å². The van der Waals surface area contributed by atoms with E-state index >= 15 is 0 Å². The van der Waals surface area contributed by atoms with Crippen LogP contribution in [0.3, 0.4) is 0 Å². The van der Waals surface area contributed by atoms with Crippen LogP contribution in [0, 0.1) is 0 Å². The highest BCUT2D eigenvalue weighted by atomic mass is 79.9. The van der Waals surface area contributed by atoms with Gasteiger partial charge >= 0.3 is 0 Å². The summed E-state index contributed by atoms with van der Waals surface area (Å²) in [5, 5.41) is 0.688. The van der Waals surface area contributed by atoms with E-state index in [0.29, 0.717) is 11.6 Å². The Bertz CT molecular complexity index is 481. The van der Waals surface area contributed by atoms with Gasteiger partial charge in [0.1, 0.15) is 0 Å². The quantitative estimate of drug-likeness (QED) is 0.922. The van der Waals surface area contributed by atoms with Crippen LogP contribution in [0.4, 0.5) is 0 Å². The van der Waals surface area contributed by atoms with Crippen LogP contribution in [-0.2, 0) is 6.54 Å². The first-order valence-corrected chi connectivity index (χ1v) is 5.56. The first kappa shape index (κ1) is 10.7. The average molecular weight is 287 g/mol. The summed E-state index contributed by atoms with van der Waals surface area (Å²) in [5.41, 5.74) is 7.55. The minimum absolute atomic E-state index is 0.459. The predicted molar refractivity (Wildman–Crippen MR) is 64.2 cm³/mol. The first-order valence-electron chi connectivity index (χ1n) is 4.39. The zero-order valence-corrected chi connectivity index (χ0v) is 10.2. The lowest BCUT2D eigenvalue weighted by Crippen LogP contribution is -2.04. The Morgan fingerprint density at radius 1 is 1.47 bits per heavy atom. The van der Waals surface area contributed by atoms with Gasteiger partial charge in [-0.2, -0.15) is 0 Å². The molecule has 5 heteroatoms. The minimum Gasteiger partial charge on any atom is -0.325 e. The first-order chi connectivity index (χ1) is 7.22. The Morgan fingerprint density at radius 2 is 2.27 bits per heavy atom. The van der Waals surface area contributed by atoms with Gasteiger partial charge in [0.05, 0.1) is 17.0 Å². The molecular formula is C10H9BrClN3. The Hall–Kier alpha value is -0.840. The molecule has 1 heterocycles. The summed E-state index contributed by atoms with van der Waals surface area (Å²) in [6, 6.07) is 5.69. The van der Waals surface area contributed by atoms with Crippen LogP contribution in [0.15, 0.2) is 35.2 Å². The molecule has 0 unspecified atom stereocenters. The van der Waals surface area contributed by atoms with Crippen molar-refractivity contribution in [1.82, 2.24) is 9.55 Å². The fourth-order valence-electron chi connectivity index (χ4n) is 1.34. The third-order valence-electron chi connectivity index (χ3n) is 2.11. The van der Waals surface area contributed by atoms with Crippen LogP contribution in [0.25, 0.3) is 5.69 Å². The summed E-state index contributed by atoms with van der Waals surface area (Å²) < 4.78 is 2.79. The van der Waals surface area contributed by atoms with E-state index < -0.39 is 0 Å². The number of nitrogens with two attached hydrogens (primary N) is 1. The number of benzene rings is 1. The number of halogens is 2. The third kappa shape index (κ3) is 2.07. The van der Waals surface area contributed by atoms with E-state index in [1.807, 2.05) is 22.8 Å². The van der Waals surface area contributed by atoms with E-state index in [1.54, 1.807) is 12.5 Å². The van der Waals surface area contributed by atoms with Gasteiger partial charge in [-0.05, 0) is 34.1 Å². The number of hydrogen-bond donors (Lipinski definition) is 1. The SMILES string of the molecule is NCc1cncn1-c1ccc(Cl)c(Br)c1. The molecule has 0 saturated carbocycles. The molecule has 0 bridgehead atoms. The van der Waals surface area contributed by atoms with Gasteiger partial charge in [0.15, 0.2) is 0 Å². The predicted octanol–water partition coefficient (Wildman–Crippen LogP) is 2.75. The van der Waals surface area contributed by atoms with Crippen LogP contribution in [0.2, 0.25) is 5.02 Å². The fraction of sp³-hybridized carbons (Fsp3) is 0.100. The molecule has 0 spiro atoms. The molecule has 0 aliphatic carbocycles. The normalized spacial score (nSPS) is 10.6. The van der Waals surface area contributed by atoms with E-state index in [1.165, 1.54) is 0 Å². The summed E-state index contributed by atoms with van der Waals surface area (Å²) in [6.07, 6.45) is 3.49. The monoisotopic (exact) mass is 285 g/mol. The second kappa shape index (κ2) is 4.35. The second-order valence-electron chi connectivity index (χ2n) is 3.06. The molecule has 78 valence electrons.